The molecule has 22 heavy (non-hydrogen) atoms. The number of piperidine rings is 1. The van der Waals surface area contributed by atoms with E-state index in [2.05, 4.69) is 21.2 Å². The summed E-state index contributed by atoms with van der Waals surface area (Å²) in [5.74, 6) is -0.618. The van der Waals surface area contributed by atoms with Crippen LogP contribution in [0.25, 0.3) is 0 Å². The lowest BCUT2D eigenvalue weighted by Crippen LogP contribution is -2.49. The van der Waals surface area contributed by atoms with Crippen molar-refractivity contribution < 1.29 is 14.0 Å². The molecule has 0 aliphatic carbocycles. The fraction of sp³-hybridized carbons (Fsp3) is 0.500. The molecule has 1 atom stereocenters. The van der Waals surface area contributed by atoms with Crippen LogP contribution in [0.2, 0.25) is 0 Å². The number of hydrogen-bond donors (Lipinski definition) is 1. The first-order chi connectivity index (χ1) is 10.5. The maximum atomic E-state index is 13.4. The Bertz CT molecular complexity index is 545. The monoisotopic (exact) mass is 370 g/mol. The van der Waals surface area contributed by atoms with Crippen molar-refractivity contribution in [2.75, 3.05) is 13.1 Å². The zero-order chi connectivity index (χ0) is 16.1. The van der Waals surface area contributed by atoms with Crippen molar-refractivity contribution in [3.8, 4) is 0 Å². The first-order valence-electron chi connectivity index (χ1n) is 7.54. The number of rotatable bonds is 4. The predicted molar refractivity (Wildman–Crippen MR) is 86.1 cm³/mol. The summed E-state index contributed by atoms with van der Waals surface area (Å²) in [7, 11) is 0. The zero-order valence-electron chi connectivity index (χ0n) is 12.6. The van der Waals surface area contributed by atoms with E-state index < -0.39 is 5.82 Å². The molecule has 1 aromatic carbocycles. The van der Waals surface area contributed by atoms with Crippen molar-refractivity contribution in [3.05, 3.63) is 34.1 Å². The van der Waals surface area contributed by atoms with Gasteiger partial charge in [0.05, 0.1) is 0 Å². The Balaban J connectivity index is 2.02. The summed E-state index contributed by atoms with van der Waals surface area (Å²) >= 11 is 3.20. The Labute approximate surface area is 138 Å². The van der Waals surface area contributed by atoms with Gasteiger partial charge in [-0.05, 0) is 37.5 Å². The highest BCUT2D eigenvalue weighted by molar-refractivity contribution is 9.10. The van der Waals surface area contributed by atoms with Gasteiger partial charge in [-0.25, -0.2) is 4.39 Å². The molecule has 0 aromatic heterocycles. The molecule has 0 spiro atoms. The number of hydrogen-bond acceptors (Lipinski definition) is 2. The molecular formula is C16H20BrFN2O2. The van der Waals surface area contributed by atoms with Crippen LogP contribution < -0.4 is 5.32 Å². The summed E-state index contributed by atoms with van der Waals surface area (Å²) in [6.45, 7) is 3.06. The number of nitrogens with one attached hydrogen (secondary N) is 1. The summed E-state index contributed by atoms with van der Waals surface area (Å²) in [4.78, 5) is 25.8. The van der Waals surface area contributed by atoms with Crippen LogP contribution in [-0.4, -0.2) is 35.8 Å². The molecule has 2 rings (SSSR count). The highest BCUT2D eigenvalue weighted by Crippen LogP contribution is 2.19. The molecule has 1 heterocycles. The summed E-state index contributed by atoms with van der Waals surface area (Å²) in [5.41, 5.74) is 0.326. The summed E-state index contributed by atoms with van der Waals surface area (Å²) in [6, 6.07) is 4.16. The molecule has 0 bridgehead atoms. The lowest BCUT2D eigenvalue weighted by Gasteiger charge is -2.33. The van der Waals surface area contributed by atoms with Crippen LogP contribution in [0.4, 0.5) is 4.39 Å². The minimum atomic E-state index is -0.442. The zero-order valence-corrected chi connectivity index (χ0v) is 14.2. The van der Waals surface area contributed by atoms with Gasteiger partial charge in [0.2, 0.25) is 5.91 Å². The summed E-state index contributed by atoms with van der Waals surface area (Å²) < 4.78 is 14.0. The molecule has 0 radical (unpaired) electrons. The second-order valence-corrected chi connectivity index (χ2v) is 6.48. The van der Waals surface area contributed by atoms with Crippen molar-refractivity contribution in [1.29, 1.82) is 0 Å². The van der Waals surface area contributed by atoms with Crippen LogP contribution in [0.3, 0.4) is 0 Å². The predicted octanol–water partition coefficient (Wildman–Crippen LogP) is 3.11. The quantitative estimate of drug-likeness (QED) is 0.884. The molecule has 0 saturated carbocycles. The Kier molecular flexibility index (Phi) is 5.94. The molecule has 1 aliphatic rings. The molecule has 4 nitrogen and oxygen atoms in total. The van der Waals surface area contributed by atoms with Crippen LogP contribution in [0.5, 0.6) is 0 Å². The summed E-state index contributed by atoms with van der Waals surface area (Å²) in [6.07, 6.45) is 3.01. The van der Waals surface area contributed by atoms with Crippen molar-refractivity contribution in [2.45, 2.75) is 38.6 Å². The Hall–Kier alpha value is -1.43. The van der Waals surface area contributed by atoms with Crippen LogP contribution in [0, 0.1) is 5.82 Å². The fourth-order valence-electron chi connectivity index (χ4n) is 2.67. The number of halogens is 2. The highest BCUT2D eigenvalue weighted by atomic mass is 79.9. The van der Waals surface area contributed by atoms with E-state index in [0.29, 0.717) is 29.5 Å². The van der Waals surface area contributed by atoms with Gasteiger partial charge in [-0.15, -0.1) is 0 Å². The average Bonchev–Trinajstić information content (AvgIpc) is 2.46. The number of likely N-dealkylation sites (tertiary alicyclic amines) is 1. The average molecular weight is 371 g/mol. The van der Waals surface area contributed by atoms with E-state index in [1.165, 1.54) is 12.1 Å². The minimum absolute atomic E-state index is 0.0197. The van der Waals surface area contributed by atoms with Gasteiger partial charge >= 0.3 is 0 Å². The molecule has 1 aromatic rings. The van der Waals surface area contributed by atoms with E-state index in [4.69, 9.17) is 0 Å². The number of benzene rings is 1. The molecule has 1 fully saturated rings. The van der Waals surface area contributed by atoms with Gasteiger partial charge in [0, 0.05) is 35.6 Å². The molecular weight excluding hydrogens is 351 g/mol. The smallest absolute Gasteiger partial charge is 0.254 e. The number of carbonyl (C=O) groups is 2. The summed E-state index contributed by atoms with van der Waals surface area (Å²) in [5, 5.41) is 2.96. The minimum Gasteiger partial charge on any atom is -0.352 e. The number of amides is 2. The van der Waals surface area contributed by atoms with Crippen molar-refractivity contribution in [1.82, 2.24) is 10.2 Å². The second kappa shape index (κ2) is 7.72. The van der Waals surface area contributed by atoms with E-state index in [1.807, 2.05) is 6.92 Å². The maximum Gasteiger partial charge on any atom is 0.254 e. The Morgan fingerprint density at radius 1 is 1.41 bits per heavy atom. The number of nitrogens with zero attached hydrogens (tertiary/aromatic N) is 1. The first kappa shape index (κ1) is 16.9. The molecule has 1 saturated heterocycles. The molecule has 1 unspecified atom stereocenters. The first-order valence-corrected chi connectivity index (χ1v) is 8.33. The highest BCUT2D eigenvalue weighted by Gasteiger charge is 2.25. The van der Waals surface area contributed by atoms with Crippen LogP contribution >= 0.6 is 15.9 Å². The normalized spacial score (nSPS) is 18.1. The van der Waals surface area contributed by atoms with Crippen molar-refractivity contribution in [3.63, 3.8) is 0 Å². The topological polar surface area (TPSA) is 49.4 Å². The molecule has 6 heteroatoms. The van der Waals surface area contributed by atoms with Gasteiger partial charge in [-0.2, -0.15) is 0 Å². The van der Waals surface area contributed by atoms with E-state index in [1.54, 1.807) is 11.0 Å². The van der Waals surface area contributed by atoms with E-state index in [0.717, 1.165) is 19.3 Å². The van der Waals surface area contributed by atoms with Crippen LogP contribution in [0.15, 0.2) is 22.7 Å². The van der Waals surface area contributed by atoms with E-state index in [-0.39, 0.29) is 17.9 Å². The lowest BCUT2D eigenvalue weighted by atomic mass is 10.0. The van der Waals surface area contributed by atoms with Gasteiger partial charge in [0.1, 0.15) is 5.82 Å². The lowest BCUT2D eigenvalue weighted by molar-refractivity contribution is -0.122. The molecule has 1 N–H and O–H groups in total. The second-order valence-electron chi connectivity index (χ2n) is 5.57. The number of carbonyl (C=O) groups excluding carboxylic acids is 2. The SMILES string of the molecule is CCCC(=O)NC1CCCN(C(=O)c2cc(F)cc(Br)c2)C1. The van der Waals surface area contributed by atoms with Gasteiger partial charge in [-0.1, -0.05) is 22.9 Å². The van der Waals surface area contributed by atoms with Gasteiger partial charge in [-0.3, -0.25) is 9.59 Å². The largest absolute Gasteiger partial charge is 0.352 e. The Morgan fingerprint density at radius 2 is 2.18 bits per heavy atom. The Morgan fingerprint density at radius 3 is 2.86 bits per heavy atom. The third kappa shape index (κ3) is 4.53. The van der Waals surface area contributed by atoms with Gasteiger partial charge in [0.25, 0.3) is 5.91 Å². The van der Waals surface area contributed by atoms with E-state index >= 15 is 0 Å². The van der Waals surface area contributed by atoms with Crippen LogP contribution in [0.1, 0.15) is 43.0 Å². The molecule has 2 amide bonds. The third-order valence-corrected chi connectivity index (χ3v) is 4.12. The standard InChI is InChI=1S/C16H20BrFN2O2/c1-2-4-15(21)19-14-5-3-6-20(10-14)16(22)11-7-12(17)9-13(18)8-11/h7-9,14H,2-6,10H2,1H3,(H,19,21). The molecule has 120 valence electrons. The van der Waals surface area contributed by atoms with Gasteiger partial charge < -0.3 is 10.2 Å². The van der Waals surface area contributed by atoms with E-state index in [9.17, 15) is 14.0 Å². The maximum absolute atomic E-state index is 13.4. The molecule has 1 aliphatic heterocycles. The third-order valence-electron chi connectivity index (χ3n) is 3.66. The van der Waals surface area contributed by atoms with Crippen molar-refractivity contribution >= 4 is 27.7 Å². The van der Waals surface area contributed by atoms with Crippen LogP contribution in [-0.2, 0) is 4.79 Å². The fourth-order valence-corrected chi connectivity index (χ4v) is 3.13. The van der Waals surface area contributed by atoms with Gasteiger partial charge in [0.15, 0.2) is 0 Å². The van der Waals surface area contributed by atoms with Crippen molar-refractivity contribution in [2.24, 2.45) is 0 Å².